The van der Waals surface area contributed by atoms with Crippen molar-refractivity contribution in [1.29, 1.82) is 0 Å². The van der Waals surface area contributed by atoms with E-state index in [-0.39, 0.29) is 24.4 Å². The number of allylic oxidation sites excluding steroid dienone is 2. The molecule has 0 bridgehead atoms. The highest BCUT2D eigenvalue weighted by Crippen LogP contribution is 2.76. The normalized spacial score (nSPS) is 53.2. The molecule has 0 aromatic heterocycles. The molecule has 0 amide bonds. The SMILES string of the molecule is CC(C)=CCCC(C)(OC1OC(COC2OCC(O)C(O)C2O)C(O)C(O)C1O)C1CCC2(C)C1C(O)CC1C3(C)CCC(OC4OC(CO)C(O)C(O)C4OC4OC(CO)C(O)C(O)C4O)C(C)(C)C3C(O)CC12C. The Balaban J connectivity index is 1.03. The predicted octanol–water partition coefficient (Wildman–Crippen LogP) is -2.59. The third kappa shape index (κ3) is 10.5. The molecule has 30 atom stereocenters. The summed E-state index contributed by atoms with van der Waals surface area (Å²) >= 11 is 0. The molecule has 23 heteroatoms. The molecule has 0 spiro atoms. The minimum atomic E-state index is -1.85. The molecule has 4 aliphatic carbocycles. The van der Waals surface area contributed by atoms with Gasteiger partial charge in [0, 0.05) is 0 Å². The first-order chi connectivity index (χ1) is 35.5. The van der Waals surface area contributed by atoms with Crippen LogP contribution in [-0.2, 0) is 37.9 Å². The third-order valence-electron chi connectivity index (χ3n) is 20.4. The molecule has 0 aromatic rings. The molecule has 15 N–H and O–H groups in total. The van der Waals surface area contributed by atoms with Crippen LogP contribution in [-0.4, -0.2) is 244 Å². The Hall–Kier alpha value is -1.18. The highest BCUT2D eigenvalue weighted by Gasteiger charge is 2.74. The van der Waals surface area contributed by atoms with Crippen LogP contribution in [0.4, 0.5) is 0 Å². The van der Waals surface area contributed by atoms with Gasteiger partial charge in [0.05, 0.1) is 50.3 Å². The zero-order valence-electron chi connectivity index (χ0n) is 45.0. The number of hydrogen-bond acceptors (Lipinski definition) is 23. The highest BCUT2D eigenvalue weighted by atomic mass is 16.8. The lowest BCUT2D eigenvalue weighted by atomic mass is 9.34. The van der Waals surface area contributed by atoms with Crippen molar-refractivity contribution < 1.29 is 114 Å². The first-order valence-electron chi connectivity index (χ1n) is 27.4. The Morgan fingerprint density at radius 2 is 1.18 bits per heavy atom. The lowest BCUT2D eigenvalue weighted by Gasteiger charge is -2.71. The van der Waals surface area contributed by atoms with Gasteiger partial charge in [0.25, 0.3) is 0 Å². The van der Waals surface area contributed by atoms with Crippen LogP contribution >= 0.6 is 0 Å². The molecule has 8 aliphatic rings. The maximum absolute atomic E-state index is 12.8. The van der Waals surface area contributed by atoms with E-state index in [1.807, 2.05) is 34.6 Å². The van der Waals surface area contributed by atoms with Crippen LogP contribution in [0.2, 0.25) is 0 Å². The summed E-state index contributed by atoms with van der Waals surface area (Å²) in [6.45, 7) is 14.2. The summed E-state index contributed by atoms with van der Waals surface area (Å²) < 4.78 is 48.6. The third-order valence-corrected chi connectivity index (χ3v) is 20.4. The van der Waals surface area contributed by atoms with Crippen molar-refractivity contribution in [2.24, 2.45) is 45.3 Å². The number of rotatable bonds is 15. The Morgan fingerprint density at radius 3 is 1.82 bits per heavy atom. The minimum Gasteiger partial charge on any atom is -0.394 e. The largest absolute Gasteiger partial charge is 0.394 e. The van der Waals surface area contributed by atoms with Crippen molar-refractivity contribution in [2.75, 3.05) is 26.4 Å². The molecule has 4 saturated heterocycles. The van der Waals surface area contributed by atoms with Crippen LogP contribution < -0.4 is 0 Å². The molecule has 8 fully saturated rings. The summed E-state index contributed by atoms with van der Waals surface area (Å²) in [5, 5.41) is 164. The van der Waals surface area contributed by atoms with Crippen molar-refractivity contribution in [3.63, 3.8) is 0 Å². The molecule has 4 aliphatic heterocycles. The van der Waals surface area contributed by atoms with E-state index in [0.29, 0.717) is 51.4 Å². The van der Waals surface area contributed by atoms with Crippen LogP contribution in [0.1, 0.15) is 107 Å². The Kier molecular flexibility index (Phi) is 18.3. The van der Waals surface area contributed by atoms with E-state index in [1.54, 1.807) is 0 Å². The number of fused-ring (bicyclic) bond motifs is 5. The molecule has 0 aromatic carbocycles. The van der Waals surface area contributed by atoms with Gasteiger partial charge < -0.3 is 114 Å². The van der Waals surface area contributed by atoms with E-state index in [1.165, 1.54) is 0 Å². The molecule has 76 heavy (non-hydrogen) atoms. The first-order valence-corrected chi connectivity index (χ1v) is 27.4. The second kappa shape index (κ2) is 22.9. The first kappa shape index (κ1) is 60.9. The fourth-order valence-electron chi connectivity index (χ4n) is 16.2. The molecule has 4 heterocycles. The fourth-order valence-corrected chi connectivity index (χ4v) is 16.2. The summed E-state index contributed by atoms with van der Waals surface area (Å²) in [5.41, 5.74) is -2.59. The highest BCUT2D eigenvalue weighted by molar-refractivity contribution is 5.22. The number of aliphatic hydroxyl groups excluding tert-OH is 15. The number of ether oxygens (including phenoxy) is 8. The quantitative estimate of drug-likeness (QED) is 0.0591. The van der Waals surface area contributed by atoms with Gasteiger partial charge in [-0.05, 0) is 117 Å². The van der Waals surface area contributed by atoms with Crippen LogP contribution in [0.5, 0.6) is 0 Å². The van der Waals surface area contributed by atoms with Crippen molar-refractivity contribution in [3.05, 3.63) is 11.6 Å². The lowest BCUT2D eigenvalue weighted by molar-refractivity contribution is -0.380. The molecular formula is C53H90O23. The molecule has 8 rings (SSSR count). The van der Waals surface area contributed by atoms with Crippen LogP contribution in [0.25, 0.3) is 0 Å². The van der Waals surface area contributed by atoms with Gasteiger partial charge in [0.15, 0.2) is 25.2 Å². The Labute approximate surface area is 444 Å². The summed E-state index contributed by atoms with van der Waals surface area (Å²) in [6.07, 6.45) is -26.5. The van der Waals surface area contributed by atoms with Crippen LogP contribution in [0, 0.1) is 45.3 Å². The van der Waals surface area contributed by atoms with Crippen molar-refractivity contribution in [2.45, 2.75) is 247 Å². The maximum atomic E-state index is 12.8. The molecule has 440 valence electrons. The second-order valence-electron chi connectivity index (χ2n) is 25.5. The molecule has 23 nitrogen and oxygen atoms in total. The molecule has 4 saturated carbocycles. The average molecular weight is 1100 g/mol. The maximum Gasteiger partial charge on any atom is 0.187 e. The van der Waals surface area contributed by atoms with E-state index in [2.05, 4.69) is 26.8 Å². The average Bonchev–Trinajstić information content (AvgIpc) is 3.75. The number of aliphatic hydroxyl groups is 15. The monoisotopic (exact) mass is 1090 g/mol. The standard InChI is InChI=1S/C53H90O23/c1-22(2)10-9-13-53(8,76-47-42(68)38(64)36(62)29(73-47)21-70-45-40(66)33(59)26(58)20-69-45)23-11-15-51(6)32(23)24(56)16-30-50(5)14-12-31(49(3,4)44(50)25(57)17-52(30,51)7)74-48-43(39(65)35(61)28(19-55)72-48)75-46-41(67)37(63)34(60)27(18-54)71-46/h10,23-48,54-68H,9,11-21H2,1-8H3. The zero-order chi connectivity index (χ0) is 55.9. The molecule has 30 unspecified atom stereocenters. The summed E-state index contributed by atoms with van der Waals surface area (Å²) in [5.74, 6) is -1.26. The van der Waals surface area contributed by atoms with Gasteiger partial charge in [-0.2, -0.15) is 0 Å². The van der Waals surface area contributed by atoms with Gasteiger partial charge in [0.1, 0.15) is 91.6 Å². The van der Waals surface area contributed by atoms with Gasteiger partial charge in [-0.15, -0.1) is 0 Å². The van der Waals surface area contributed by atoms with E-state index in [9.17, 15) is 76.6 Å². The summed E-state index contributed by atoms with van der Waals surface area (Å²) in [7, 11) is 0. The van der Waals surface area contributed by atoms with E-state index >= 15 is 0 Å². The van der Waals surface area contributed by atoms with Crippen molar-refractivity contribution in [3.8, 4) is 0 Å². The van der Waals surface area contributed by atoms with Gasteiger partial charge in [-0.3, -0.25) is 0 Å². The van der Waals surface area contributed by atoms with E-state index in [0.717, 1.165) is 5.57 Å². The number of hydrogen-bond donors (Lipinski definition) is 15. The van der Waals surface area contributed by atoms with Gasteiger partial charge >= 0.3 is 0 Å². The van der Waals surface area contributed by atoms with Crippen LogP contribution in [0.15, 0.2) is 11.6 Å². The fraction of sp³-hybridized carbons (Fsp3) is 0.962. The second-order valence-corrected chi connectivity index (χ2v) is 25.5. The summed E-state index contributed by atoms with van der Waals surface area (Å²) in [6, 6.07) is 0. The predicted molar refractivity (Wildman–Crippen MR) is 262 cm³/mol. The van der Waals surface area contributed by atoms with Gasteiger partial charge in [-0.1, -0.05) is 46.3 Å². The van der Waals surface area contributed by atoms with Gasteiger partial charge in [-0.25, -0.2) is 0 Å². The minimum absolute atomic E-state index is 0.123. The molecular weight excluding hydrogens is 1000 g/mol. The molecule has 0 radical (unpaired) electrons. The lowest BCUT2D eigenvalue weighted by Crippen LogP contribution is -2.70. The Bertz CT molecular complexity index is 1980. The summed E-state index contributed by atoms with van der Waals surface area (Å²) in [4.78, 5) is 0. The zero-order valence-corrected chi connectivity index (χ0v) is 45.0. The smallest absolute Gasteiger partial charge is 0.187 e. The topological polar surface area (TPSA) is 377 Å². The van der Waals surface area contributed by atoms with Gasteiger partial charge in [0.2, 0.25) is 0 Å². The van der Waals surface area contributed by atoms with E-state index < -0.39 is 188 Å². The van der Waals surface area contributed by atoms with E-state index in [4.69, 9.17) is 37.9 Å². The van der Waals surface area contributed by atoms with Crippen molar-refractivity contribution >= 4 is 0 Å². The Morgan fingerprint density at radius 1 is 0.605 bits per heavy atom. The van der Waals surface area contributed by atoms with Crippen LogP contribution in [0.3, 0.4) is 0 Å². The van der Waals surface area contributed by atoms with Crippen molar-refractivity contribution in [1.82, 2.24) is 0 Å².